The Kier molecular flexibility index (Phi) is 3.70. The predicted molar refractivity (Wildman–Crippen MR) is 84.7 cm³/mol. The summed E-state index contributed by atoms with van der Waals surface area (Å²) in [7, 11) is 3.31. The summed E-state index contributed by atoms with van der Waals surface area (Å²) in [6.45, 7) is 2.67. The van der Waals surface area contributed by atoms with Crippen LogP contribution in [0.2, 0.25) is 0 Å². The standard InChI is InChI=1S/C15H17N3O2S/c1-10-4-5-13(19-2)11(8-10)16-9-12-14(20-3)17-15-18(12)6-7-21-15/h4-8,16H,9H2,1-3H3. The molecule has 0 aliphatic rings. The summed E-state index contributed by atoms with van der Waals surface area (Å²) in [5.41, 5.74) is 3.14. The highest BCUT2D eigenvalue weighted by Gasteiger charge is 2.14. The zero-order valence-electron chi connectivity index (χ0n) is 12.2. The minimum Gasteiger partial charge on any atom is -0.495 e. The largest absolute Gasteiger partial charge is 0.495 e. The molecule has 0 unspecified atom stereocenters. The normalized spacial score (nSPS) is 10.8. The molecule has 0 bridgehead atoms. The van der Waals surface area contributed by atoms with Crippen molar-refractivity contribution in [3.8, 4) is 11.6 Å². The number of fused-ring (bicyclic) bond motifs is 1. The Labute approximate surface area is 127 Å². The van der Waals surface area contributed by atoms with Gasteiger partial charge in [0.15, 0.2) is 4.96 Å². The van der Waals surface area contributed by atoms with Crippen molar-refractivity contribution in [1.29, 1.82) is 0 Å². The van der Waals surface area contributed by atoms with Crippen molar-refractivity contribution < 1.29 is 9.47 Å². The molecule has 1 N–H and O–H groups in total. The van der Waals surface area contributed by atoms with E-state index < -0.39 is 0 Å². The summed E-state index contributed by atoms with van der Waals surface area (Å²) >= 11 is 1.59. The lowest BCUT2D eigenvalue weighted by molar-refractivity contribution is 0.395. The molecule has 0 radical (unpaired) electrons. The number of nitrogens with zero attached hydrogens (tertiary/aromatic N) is 2. The van der Waals surface area contributed by atoms with E-state index in [4.69, 9.17) is 9.47 Å². The fourth-order valence-electron chi connectivity index (χ4n) is 2.28. The van der Waals surface area contributed by atoms with Gasteiger partial charge in [0.05, 0.1) is 26.5 Å². The lowest BCUT2D eigenvalue weighted by Crippen LogP contribution is -2.05. The maximum absolute atomic E-state index is 5.39. The van der Waals surface area contributed by atoms with Crippen LogP contribution in [-0.2, 0) is 6.54 Å². The molecule has 0 amide bonds. The molecular formula is C15H17N3O2S. The van der Waals surface area contributed by atoms with Crippen LogP contribution in [-0.4, -0.2) is 23.6 Å². The zero-order valence-corrected chi connectivity index (χ0v) is 13.0. The van der Waals surface area contributed by atoms with Crippen LogP contribution in [0, 0.1) is 6.92 Å². The van der Waals surface area contributed by atoms with Gasteiger partial charge in [-0.1, -0.05) is 6.07 Å². The molecular weight excluding hydrogens is 286 g/mol. The Hall–Kier alpha value is -2.21. The van der Waals surface area contributed by atoms with Crippen LogP contribution in [0.3, 0.4) is 0 Å². The molecule has 0 spiro atoms. The molecule has 1 aromatic carbocycles. The summed E-state index contributed by atoms with van der Waals surface area (Å²) < 4.78 is 12.8. The third-order valence-electron chi connectivity index (χ3n) is 3.32. The number of aryl methyl sites for hydroxylation is 1. The molecule has 5 nitrogen and oxygen atoms in total. The third kappa shape index (κ3) is 2.54. The topological polar surface area (TPSA) is 47.8 Å². The number of aromatic nitrogens is 2. The Morgan fingerprint density at radius 3 is 2.90 bits per heavy atom. The van der Waals surface area contributed by atoms with Gasteiger partial charge in [0.25, 0.3) is 0 Å². The van der Waals surface area contributed by atoms with E-state index in [0.29, 0.717) is 12.4 Å². The molecule has 0 saturated carbocycles. The molecule has 2 heterocycles. The van der Waals surface area contributed by atoms with Crippen molar-refractivity contribution >= 4 is 22.0 Å². The van der Waals surface area contributed by atoms with E-state index >= 15 is 0 Å². The second-order valence-electron chi connectivity index (χ2n) is 4.68. The highest BCUT2D eigenvalue weighted by molar-refractivity contribution is 7.15. The summed E-state index contributed by atoms with van der Waals surface area (Å²) in [5, 5.41) is 5.42. The first-order chi connectivity index (χ1) is 10.2. The molecule has 21 heavy (non-hydrogen) atoms. The summed E-state index contributed by atoms with van der Waals surface area (Å²) in [6.07, 6.45) is 2.00. The smallest absolute Gasteiger partial charge is 0.238 e. The van der Waals surface area contributed by atoms with Gasteiger partial charge in [-0.3, -0.25) is 4.40 Å². The summed E-state index contributed by atoms with van der Waals surface area (Å²) in [6, 6.07) is 6.06. The first-order valence-electron chi connectivity index (χ1n) is 6.60. The van der Waals surface area contributed by atoms with Crippen LogP contribution in [0.1, 0.15) is 11.3 Å². The van der Waals surface area contributed by atoms with Crippen LogP contribution in [0.15, 0.2) is 29.8 Å². The molecule has 0 aliphatic heterocycles. The average molecular weight is 303 g/mol. The Bertz CT molecular complexity index is 763. The van der Waals surface area contributed by atoms with Crippen LogP contribution < -0.4 is 14.8 Å². The highest BCUT2D eigenvalue weighted by atomic mass is 32.1. The van der Waals surface area contributed by atoms with Gasteiger partial charge in [0.2, 0.25) is 5.88 Å². The number of hydrogen-bond acceptors (Lipinski definition) is 5. The van der Waals surface area contributed by atoms with Gasteiger partial charge >= 0.3 is 0 Å². The lowest BCUT2D eigenvalue weighted by Gasteiger charge is -2.12. The number of methoxy groups -OCH3 is 2. The van der Waals surface area contributed by atoms with Gasteiger partial charge < -0.3 is 14.8 Å². The number of rotatable bonds is 5. The van der Waals surface area contributed by atoms with E-state index in [1.807, 2.05) is 28.1 Å². The van der Waals surface area contributed by atoms with Crippen LogP contribution in [0.5, 0.6) is 11.6 Å². The Balaban J connectivity index is 1.89. The van der Waals surface area contributed by atoms with Crippen molar-refractivity contribution in [1.82, 2.24) is 9.38 Å². The van der Waals surface area contributed by atoms with Crippen LogP contribution in [0.4, 0.5) is 5.69 Å². The molecule has 0 saturated heterocycles. The summed E-state index contributed by atoms with van der Waals surface area (Å²) in [5.74, 6) is 1.48. The number of anilines is 1. The average Bonchev–Trinajstić information content (AvgIpc) is 3.06. The SMILES string of the molecule is COc1ccc(C)cc1NCc1c(OC)nc2sccn12. The van der Waals surface area contributed by atoms with Gasteiger partial charge in [-0.15, -0.1) is 11.3 Å². The van der Waals surface area contributed by atoms with E-state index in [9.17, 15) is 0 Å². The molecule has 0 atom stereocenters. The second-order valence-corrected chi connectivity index (χ2v) is 5.55. The van der Waals surface area contributed by atoms with E-state index in [2.05, 4.69) is 23.3 Å². The fourth-order valence-corrected chi connectivity index (χ4v) is 3.00. The van der Waals surface area contributed by atoms with E-state index in [1.54, 1.807) is 25.6 Å². The molecule has 0 fully saturated rings. The summed E-state index contributed by atoms with van der Waals surface area (Å²) in [4.78, 5) is 5.38. The molecule has 6 heteroatoms. The molecule has 3 aromatic rings. The molecule has 2 aromatic heterocycles. The molecule has 110 valence electrons. The zero-order chi connectivity index (χ0) is 14.8. The monoisotopic (exact) mass is 303 g/mol. The van der Waals surface area contributed by atoms with Crippen LogP contribution >= 0.6 is 11.3 Å². The van der Waals surface area contributed by atoms with Crippen LogP contribution in [0.25, 0.3) is 4.96 Å². The van der Waals surface area contributed by atoms with Crippen molar-refractivity contribution in [2.45, 2.75) is 13.5 Å². The van der Waals surface area contributed by atoms with Crippen molar-refractivity contribution in [2.75, 3.05) is 19.5 Å². The lowest BCUT2D eigenvalue weighted by atomic mass is 10.2. The quantitative estimate of drug-likeness (QED) is 0.785. The van der Waals surface area contributed by atoms with E-state index in [0.717, 1.165) is 22.1 Å². The van der Waals surface area contributed by atoms with E-state index in [1.165, 1.54) is 5.56 Å². The predicted octanol–water partition coefficient (Wildman–Crippen LogP) is 3.33. The number of benzene rings is 1. The third-order valence-corrected chi connectivity index (χ3v) is 4.08. The van der Waals surface area contributed by atoms with Gasteiger partial charge in [0.1, 0.15) is 11.4 Å². The Morgan fingerprint density at radius 2 is 2.14 bits per heavy atom. The first kappa shape index (κ1) is 13.8. The highest BCUT2D eigenvalue weighted by Crippen LogP contribution is 2.28. The van der Waals surface area contributed by atoms with E-state index in [-0.39, 0.29) is 0 Å². The Morgan fingerprint density at radius 1 is 1.29 bits per heavy atom. The number of thiazole rings is 1. The van der Waals surface area contributed by atoms with Gasteiger partial charge in [-0.2, -0.15) is 4.98 Å². The van der Waals surface area contributed by atoms with Gasteiger partial charge in [0, 0.05) is 11.6 Å². The molecule has 0 aliphatic carbocycles. The first-order valence-corrected chi connectivity index (χ1v) is 7.48. The van der Waals surface area contributed by atoms with Crippen molar-refractivity contribution in [3.63, 3.8) is 0 Å². The number of hydrogen-bond donors (Lipinski definition) is 1. The van der Waals surface area contributed by atoms with Crippen molar-refractivity contribution in [3.05, 3.63) is 41.0 Å². The number of ether oxygens (including phenoxy) is 2. The minimum absolute atomic E-state index is 0.612. The number of nitrogens with one attached hydrogen (secondary N) is 1. The minimum atomic E-state index is 0.612. The van der Waals surface area contributed by atoms with Gasteiger partial charge in [-0.25, -0.2) is 0 Å². The van der Waals surface area contributed by atoms with Crippen molar-refractivity contribution in [2.24, 2.45) is 0 Å². The maximum Gasteiger partial charge on any atom is 0.238 e. The second kappa shape index (κ2) is 5.65. The molecule has 3 rings (SSSR count). The fraction of sp³-hybridized carbons (Fsp3) is 0.267. The number of imidazole rings is 1. The van der Waals surface area contributed by atoms with Gasteiger partial charge in [-0.05, 0) is 24.6 Å². The maximum atomic E-state index is 5.39.